The van der Waals surface area contributed by atoms with Gasteiger partial charge in [0.05, 0.1) is 15.7 Å². The third kappa shape index (κ3) is 3.60. The standard InChI is InChI=1S/C14H16Cl2N2O3/c1-8-5-6-18(11(7-8)13(19)20)14(21)17-12-9(15)3-2-4-10(12)16/h2-4,8,11H,5-7H2,1H3,(H,17,21)(H,19,20). The first-order valence-corrected chi connectivity index (χ1v) is 7.40. The van der Waals surface area contributed by atoms with E-state index >= 15 is 0 Å². The van der Waals surface area contributed by atoms with Gasteiger partial charge in [-0.3, -0.25) is 0 Å². The molecule has 2 atom stereocenters. The molecule has 114 valence electrons. The van der Waals surface area contributed by atoms with Crippen molar-refractivity contribution in [2.45, 2.75) is 25.8 Å². The summed E-state index contributed by atoms with van der Waals surface area (Å²) in [5, 5.41) is 12.5. The van der Waals surface area contributed by atoms with Gasteiger partial charge in [-0.1, -0.05) is 36.2 Å². The van der Waals surface area contributed by atoms with Crippen molar-refractivity contribution >= 4 is 40.9 Å². The summed E-state index contributed by atoms with van der Waals surface area (Å²) in [7, 11) is 0. The highest BCUT2D eigenvalue weighted by molar-refractivity contribution is 6.39. The van der Waals surface area contributed by atoms with E-state index in [1.54, 1.807) is 18.2 Å². The maximum Gasteiger partial charge on any atom is 0.326 e. The molecule has 1 aromatic rings. The van der Waals surface area contributed by atoms with Gasteiger partial charge in [-0.25, -0.2) is 9.59 Å². The molecule has 21 heavy (non-hydrogen) atoms. The van der Waals surface area contributed by atoms with Crippen molar-refractivity contribution in [2.75, 3.05) is 11.9 Å². The quantitative estimate of drug-likeness (QED) is 0.868. The second-order valence-corrected chi connectivity index (χ2v) is 6.02. The summed E-state index contributed by atoms with van der Waals surface area (Å²) in [5.41, 5.74) is 0.300. The van der Waals surface area contributed by atoms with E-state index in [-0.39, 0.29) is 5.92 Å². The van der Waals surface area contributed by atoms with Crippen molar-refractivity contribution < 1.29 is 14.7 Å². The summed E-state index contributed by atoms with van der Waals surface area (Å²) in [4.78, 5) is 25.0. The van der Waals surface area contributed by atoms with Gasteiger partial charge in [0.15, 0.2) is 0 Å². The van der Waals surface area contributed by atoms with Gasteiger partial charge in [0, 0.05) is 6.54 Å². The van der Waals surface area contributed by atoms with Gasteiger partial charge in [-0.05, 0) is 30.9 Å². The third-order valence-corrected chi connectivity index (χ3v) is 4.24. The zero-order chi connectivity index (χ0) is 15.6. The molecule has 2 rings (SSSR count). The number of carboxylic acid groups (broad SMARTS) is 1. The third-order valence-electron chi connectivity index (χ3n) is 3.61. The number of urea groups is 1. The van der Waals surface area contributed by atoms with Crippen LogP contribution >= 0.6 is 23.2 Å². The lowest BCUT2D eigenvalue weighted by Gasteiger charge is -2.36. The van der Waals surface area contributed by atoms with Gasteiger partial charge < -0.3 is 15.3 Å². The number of hydrogen-bond acceptors (Lipinski definition) is 2. The highest BCUT2D eigenvalue weighted by atomic mass is 35.5. The first-order chi connectivity index (χ1) is 9.90. The van der Waals surface area contributed by atoms with E-state index in [9.17, 15) is 14.7 Å². The highest BCUT2D eigenvalue weighted by Gasteiger charge is 2.35. The molecule has 2 N–H and O–H groups in total. The molecule has 1 heterocycles. The van der Waals surface area contributed by atoms with Crippen LogP contribution in [-0.2, 0) is 4.79 Å². The average molecular weight is 331 g/mol. The van der Waals surface area contributed by atoms with Gasteiger partial charge in [-0.15, -0.1) is 0 Å². The minimum atomic E-state index is -0.998. The number of halogens is 2. The fraction of sp³-hybridized carbons (Fsp3) is 0.429. The Kier molecular flexibility index (Phi) is 4.96. The maximum absolute atomic E-state index is 12.3. The zero-order valence-electron chi connectivity index (χ0n) is 11.5. The lowest BCUT2D eigenvalue weighted by Crippen LogP contribution is -2.51. The number of carbonyl (C=O) groups is 2. The molecular weight excluding hydrogens is 315 g/mol. The Morgan fingerprint density at radius 3 is 2.52 bits per heavy atom. The van der Waals surface area contributed by atoms with Crippen LogP contribution in [0.5, 0.6) is 0 Å². The Bertz CT molecular complexity index is 545. The minimum absolute atomic E-state index is 0.277. The number of carboxylic acids is 1. The molecule has 1 aliphatic heterocycles. The van der Waals surface area contributed by atoms with E-state index in [0.717, 1.165) is 6.42 Å². The van der Waals surface area contributed by atoms with Crippen LogP contribution in [0.4, 0.5) is 10.5 Å². The normalized spacial score (nSPS) is 22.0. The molecular formula is C14H16Cl2N2O3. The number of anilines is 1. The van der Waals surface area contributed by atoms with Gasteiger partial charge >= 0.3 is 12.0 Å². The highest BCUT2D eigenvalue weighted by Crippen LogP contribution is 2.31. The summed E-state index contributed by atoms with van der Waals surface area (Å²) < 4.78 is 0. The van der Waals surface area contributed by atoms with Gasteiger partial charge in [0.1, 0.15) is 6.04 Å². The Hall–Kier alpha value is -1.46. The van der Waals surface area contributed by atoms with E-state index in [1.165, 1.54) is 4.90 Å². The van der Waals surface area contributed by atoms with Crippen LogP contribution in [0.2, 0.25) is 10.0 Å². The molecule has 0 spiro atoms. The van der Waals surface area contributed by atoms with Crippen LogP contribution in [0, 0.1) is 5.92 Å². The molecule has 7 heteroatoms. The smallest absolute Gasteiger partial charge is 0.326 e. The van der Waals surface area contributed by atoms with E-state index in [0.29, 0.717) is 28.7 Å². The molecule has 0 radical (unpaired) electrons. The Labute approximate surface area is 132 Å². The fourth-order valence-electron chi connectivity index (χ4n) is 2.41. The number of benzene rings is 1. The largest absolute Gasteiger partial charge is 0.480 e. The van der Waals surface area contributed by atoms with Gasteiger partial charge in [0.25, 0.3) is 0 Å². The maximum atomic E-state index is 12.3. The van der Waals surface area contributed by atoms with Gasteiger partial charge in [-0.2, -0.15) is 0 Å². The van der Waals surface area contributed by atoms with Crippen LogP contribution in [-0.4, -0.2) is 34.6 Å². The summed E-state index contributed by atoms with van der Waals surface area (Å²) in [6, 6.07) is 3.56. The second-order valence-electron chi connectivity index (χ2n) is 5.20. The number of nitrogens with zero attached hydrogens (tertiary/aromatic N) is 1. The predicted octanol–water partition coefficient (Wildman–Crippen LogP) is 3.71. The lowest BCUT2D eigenvalue weighted by atomic mass is 9.93. The van der Waals surface area contributed by atoms with Crippen molar-refractivity contribution in [1.29, 1.82) is 0 Å². The number of carbonyl (C=O) groups excluding carboxylic acids is 1. The van der Waals surface area contributed by atoms with E-state index < -0.39 is 18.0 Å². The summed E-state index contributed by atoms with van der Waals surface area (Å²) >= 11 is 12.0. The van der Waals surface area contributed by atoms with E-state index in [4.69, 9.17) is 23.2 Å². The average Bonchev–Trinajstić information content (AvgIpc) is 2.42. The monoisotopic (exact) mass is 330 g/mol. The first kappa shape index (κ1) is 15.9. The fourth-order valence-corrected chi connectivity index (χ4v) is 2.91. The van der Waals surface area contributed by atoms with Crippen LogP contribution in [0.1, 0.15) is 19.8 Å². The topological polar surface area (TPSA) is 69.6 Å². The van der Waals surface area contributed by atoms with Crippen molar-refractivity contribution in [3.8, 4) is 0 Å². The first-order valence-electron chi connectivity index (χ1n) is 6.64. The van der Waals surface area contributed by atoms with Crippen molar-refractivity contribution in [3.05, 3.63) is 28.2 Å². The molecule has 0 aliphatic carbocycles. The van der Waals surface area contributed by atoms with E-state index in [1.807, 2.05) is 6.92 Å². The predicted molar refractivity (Wildman–Crippen MR) is 82.0 cm³/mol. The lowest BCUT2D eigenvalue weighted by molar-refractivity contribution is -0.143. The second kappa shape index (κ2) is 6.54. The molecule has 1 aromatic carbocycles. The van der Waals surface area contributed by atoms with Crippen LogP contribution < -0.4 is 5.32 Å². The number of amides is 2. The Morgan fingerprint density at radius 2 is 1.95 bits per heavy atom. The van der Waals surface area contributed by atoms with E-state index in [2.05, 4.69) is 5.32 Å². The van der Waals surface area contributed by atoms with Crippen LogP contribution in [0.15, 0.2) is 18.2 Å². The van der Waals surface area contributed by atoms with Crippen molar-refractivity contribution in [3.63, 3.8) is 0 Å². The molecule has 0 saturated carbocycles. The Balaban J connectivity index is 2.17. The summed E-state index contributed by atoms with van der Waals surface area (Å²) in [6.07, 6.45) is 1.21. The zero-order valence-corrected chi connectivity index (χ0v) is 13.0. The number of piperidine rings is 1. The number of aliphatic carboxylic acids is 1. The van der Waals surface area contributed by atoms with Crippen molar-refractivity contribution in [1.82, 2.24) is 4.90 Å². The Morgan fingerprint density at radius 1 is 1.33 bits per heavy atom. The number of para-hydroxylation sites is 1. The molecule has 1 aliphatic rings. The summed E-state index contributed by atoms with van der Waals surface area (Å²) in [6.45, 7) is 2.38. The molecule has 1 fully saturated rings. The number of nitrogens with one attached hydrogen (secondary N) is 1. The van der Waals surface area contributed by atoms with Crippen molar-refractivity contribution in [2.24, 2.45) is 5.92 Å². The molecule has 0 aromatic heterocycles. The van der Waals surface area contributed by atoms with Crippen LogP contribution in [0.25, 0.3) is 0 Å². The number of rotatable bonds is 2. The summed E-state index contributed by atoms with van der Waals surface area (Å²) in [5.74, 6) is -0.721. The minimum Gasteiger partial charge on any atom is -0.480 e. The molecule has 1 saturated heterocycles. The van der Waals surface area contributed by atoms with Gasteiger partial charge in [0.2, 0.25) is 0 Å². The molecule has 2 unspecified atom stereocenters. The van der Waals surface area contributed by atoms with Crippen LogP contribution in [0.3, 0.4) is 0 Å². The number of likely N-dealkylation sites (tertiary alicyclic amines) is 1. The molecule has 0 bridgehead atoms. The SMILES string of the molecule is CC1CCN(C(=O)Nc2c(Cl)cccc2Cl)C(C(=O)O)C1. The molecule has 5 nitrogen and oxygen atoms in total. The molecule has 2 amide bonds. The number of hydrogen-bond donors (Lipinski definition) is 2.